The molecule has 2 fully saturated rings. The van der Waals surface area contributed by atoms with Gasteiger partial charge in [0.15, 0.2) is 0 Å². The molecule has 0 bridgehead atoms. The van der Waals surface area contributed by atoms with Crippen molar-refractivity contribution >= 4 is 0 Å². The first-order chi connectivity index (χ1) is 7.79. The fourth-order valence-corrected chi connectivity index (χ4v) is 3.86. The van der Waals surface area contributed by atoms with Crippen LogP contribution >= 0.6 is 0 Å². The number of nitrogens with one attached hydrogen (secondary N) is 1. The van der Waals surface area contributed by atoms with E-state index in [2.05, 4.69) is 35.7 Å². The van der Waals surface area contributed by atoms with Crippen LogP contribution in [0.25, 0.3) is 0 Å². The zero-order valence-corrected chi connectivity index (χ0v) is 10.00. The van der Waals surface area contributed by atoms with Gasteiger partial charge in [0.1, 0.15) is 0 Å². The Hall–Kier alpha value is -0.890. The summed E-state index contributed by atoms with van der Waals surface area (Å²) in [4.78, 5) is 4.28. The van der Waals surface area contributed by atoms with Crippen molar-refractivity contribution in [3.8, 4) is 0 Å². The normalized spacial score (nSPS) is 24.8. The number of hydrogen-bond donors (Lipinski definition) is 1. The molecule has 0 radical (unpaired) electrons. The van der Waals surface area contributed by atoms with Crippen molar-refractivity contribution in [3.05, 3.63) is 30.1 Å². The second-order valence-corrected chi connectivity index (χ2v) is 5.76. The van der Waals surface area contributed by atoms with Crippen LogP contribution in [0.2, 0.25) is 0 Å². The second kappa shape index (κ2) is 3.56. The van der Waals surface area contributed by atoms with Gasteiger partial charge in [-0.3, -0.25) is 4.98 Å². The Balaban J connectivity index is 1.83. The van der Waals surface area contributed by atoms with Crippen molar-refractivity contribution in [2.24, 2.45) is 5.41 Å². The first-order valence-corrected chi connectivity index (χ1v) is 6.34. The minimum atomic E-state index is 0.378. The molecule has 2 saturated carbocycles. The molecule has 2 heteroatoms. The lowest BCUT2D eigenvalue weighted by molar-refractivity contribution is -0.0477. The Labute approximate surface area is 97.5 Å². The number of rotatable bonds is 3. The van der Waals surface area contributed by atoms with Crippen LogP contribution in [0, 0.1) is 5.41 Å². The molecule has 2 aliphatic rings. The van der Waals surface area contributed by atoms with Gasteiger partial charge >= 0.3 is 0 Å². The SMILES string of the molecule is CNCC1(c2cccnc2)CC2(CCC2)C1. The van der Waals surface area contributed by atoms with Gasteiger partial charge in [-0.2, -0.15) is 0 Å². The maximum atomic E-state index is 4.28. The molecule has 1 N–H and O–H groups in total. The van der Waals surface area contributed by atoms with Crippen LogP contribution in [0.3, 0.4) is 0 Å². The van der Waals surface area contributed by atoms with E-state index in [0.29, 0.717) is 10.8 Å². The zero-order valence-electron chi connectivity index (χ0n) is 10.00. The fraction of sp³-hybridized carbons (Fsp3) is 0.643. The van der Waals surface area contributed by atoms with Crippen LogP contribution in [-0.4, -0.2) is 18.6 Å². The zero-order chi connectivity index (χ0) is 11.1. The molecule has 0 atom stereocenters. The molecule has 1 spiro atoms. The Morgan fingerprint density at radius 3 is 2.69 bits per heavy atom. The predicted molar refractivity (Wildman–Crippen MR) is 65.4 cm³/mol. The molecule has 1 heterocycles. The monoisotopic (exact) mass is 216 g/mol. The van der Waals surface area contributed by atoms with E-state index in [1.165, 1.54) is 37.7 Å². The molecular formula is C14H20N2. The first-order valence-electron chi connectivity index (χ1n) is 6.34. The summed E-state index contributed by atoms with van der Waals surface area (Å²) in [5, 5.41) is 3.37. The lowest BCUT2D eigenvalue weighted by Crippen LogP contribution is -2.57. The molecule has 0 aromatic carbocycles. The summed E-state index contributed by atoms with van der Waals surface area (Å²) in [6, 6.07) is 4.31. The Kier molecular flexibility index (Phi) is 2.28. The smallest absolute Gasteiger partial charge is 0.0306 e. The number of hydrogen-bond acceptors (Lipinski definition) is 2. The van der Waals surface area contributed by atoms with Crippen molar-refractivity contribution in [1.29, 1.82) is 0 Å². The topological polar surface area (TPSA) is 24.9 Å². The van der Waals surface area contributed by atoms with E-state index in [-0.39, 0.29) is 0 Å². The maximum Gasteiger partial charge on any atom is 0.0306 e. The predicted octanol–water partition coefficient (Wildman–Crippen LogP) is 2.50. The third-order valence-electron chi connectivity index (χ3n) is 4.63. The molecule has 0 amide bonds. The number of likely N-dealkylation sites (N-methyl/N-ethyl adjacent to an activating group) is 1. The molecule has 0 saturated heterocycles. The summed E-state index contributed by atoms with van der Waals surface area (Å²) in [7, 11) is 2.06. The van der Waals surface area contributed by atoms with Crippen molar-refractivity contribution in [3.63, 3.8) is 0 Å². The van der Waals surface area contributed by atoms with E-state index in [1.54, 1.807) is 0 Å². The lowest BCUT2D eigenvalue weighted by Gasteiger charge is -2.61. The van der Waals surface area contributed by atoms with Crippen molar-refractivity contribution < 1.29 is 0 Å². The molecule has 0 aliphatic heterocycles. The van der Waals surface area contributed by atoms with E-state index in [0.717, 1.165) is 6.54 Å². The Morgan fingerprint density at radius 2 is 2.19 bits per heavy atom. The van der Waals surface area contributed by atoms with E-state index in [9.17, 15) is 0 Å². The Bertz CT molecular complexity index is 360. The van der Waals surface area contributed by atoms with Gasteiger partial charge in [0.05, 0.1) is 0 Å². The van der Waals surface area contributed by atoms with Crippen LogP contribution in [0.15, 0.2) is 24.5 Å². The molecule has 3 rings (SSSR count). The van der Waals surface area contributed by atoms with Gasteiger partial charge in [0, 0.05) is 24.4 Å². The van der Waals surface area contributed by atoms with Gasteiger partial charge < -0.3 is 5.32 Å². The molecular weight excluding hydrogens is 196 g/mol. The second-order valence-electron chi connectivity index (χ2n) is 5.76. The molecule has 1 aromatic rings. The summed E-state index contributed by atoms with van der Waals surface area (Å²) in [6.07, 6.45) is 11.0. The average Bonchev–Trinajstić information content (AvgIpc) is 2.21. The van der Waals surface area contributed by atoms with Gasteiger partial charge in [-0.25, -0.2) is 0 Å². The van der Waals surface area contributed by atoms with Crippen LogP contribution < -0.4 is 5.32 Å². The minimum absolute atomic E-state index is 0.378. The quantitative estimate of drug-likeness (QED) is 0.839. The van der Waals surface area contributed by atoms with E-state index in [1.807, 2.05) is 6.20 Å². The van der Waals surface area contributed by atoms with E-state index in [4.69, 9.17) is 0 Å². The Morgan fingerprint density at radius 1 is 1.38 bits per heavy atom. The number of aromatic nitrogens is 1. The summed E-state index contributed by atoms with van der Waals surface area (Å²) in [5.41, 5.74) is 2.53. The van der Waals surface area contributed by atoms with Gasteiger partial charge in [0.25, 0.3) is 0 Å². The molecule has 2 nitrogen and oxygen atoms in total. The van der Waals surface area contributed by atoms with Gasteiger partial charge in [-0.15, -0.1) is 0 Å². The largest absolute Gasteiger partial charge is 0.319 e. The third-order valence-corrected chi connectivity index (χ3v) is 4.63. The fourth-order valence-electron chi connectivity index (χ4n) is 3.86. The van der Waals surface area contributed by atoms with Crippen molar-refractivity contribution in [2.45, 2.75) is 37.5 Å². The number of nitrogens with zero attached hydrogens (tertiary/aromatic N) is 1. The number of pyridine rings is 1. The van der Waals surface area contributed by atoms with Crippen LogP contribution in [0.5, 0.6) is 0 Å². The summed E-state index contributed by atoms with van der Waals surface area (Å²) >= 11 is 0. The van der Waals surface area contributed by atoms with Crippen molar-refractivity contribution in [1.82, 2.24) is 10.3 Å². The molecule has 86 valence electrons. The van der Waals surface area contributed by atoms with E-state index < -0.39 is 0 Å². The molecule has 16 heavy (non-hydrogen) atoms. The summed E-state index contributed by atoms with van der Waals surface area (Å²) in [6.45, 7) is 1.10. The third kappa shape index (κ3) is 1.40. The van der Waals surface area contributed by atoms with Crippen molar-refractivity contribution in [2.75, 3.05) is 13.6 Å². The summed E-state index contributed by atoms with van der Waals surface area (Å²) < 4.78 is 0. The highest BCUT2D eigenvalue weighted by Crippen LogP contribution is 2.64. The highest BCUT2D eigenvalue weighted by atomic mass is 14.9. The first kappa shape index (κ1) is 10.3. The summed E-state index contributed by atoms with van der Waals surface area (Å²) in [5.74, 6) is 0. The molecule has 2 aliphatic carbocycles. The lowest BCUT2D eigenvalue weighted by atomic mass is 9.44. The van der Waals surface area contributed by atoms with Crippen LogP contribution in [0.4, 0.5) is 0 Å². The average molecular weight is 216 g/mol. The van der Waals surface area contributed by atoms with Crippen LogP contribution in [0.1, 0.15) is 37.7 Å². The highest BCUT2D eigenvalue weighted by molar-refractivity contribution is 5.30. The minimum Gasteiger partial charge on any atom is -0.319 e. The highest BCUT2D eigenvalue weighted by Gasteiger charge is 2.57. The standard InChI is InChI=1S/C14H20N2/c1-15-11-14(12-4-2-7-16-8-12)9-13(10-14)5-3-6-13/h2,4,7-8,15H,3,5-6,9-11H2,1H3. The van der Waals surface area contributed by atoms with Gasteiger partial charge in [-0.1, -0.05) is 12.5 Å². The van der Waals surface area contributed by atoms with E-state index >= 15 is 0 Å². The van der Waals surface area contributed by atoms with Gasteiger partial charge in [-0.05, 0) is 49.8 Å². The molecule has 1 aromatic heterocycles. The van der Waals surface area contributed by atoms with Crippen LogP contribution in [-0.2, 0) is 5.41 Å². The molecule has 0 unspecified atom stereocenters. The maximum absolute atomic E-state index is 4.28. The van der Waals surface area contributed by atoms with Gasteiger partial charge in [0.2, 0.25) is 0 Å².